The van der Waals surface area contributed by atoms with Crippen molar-refractivity contribution in [3.05, 3.63) is 72.4 Å². The second-order valence-corrected chi connectivity index (χ2v) is 9.72. The van der Waals surface area contributed by atoms with E-state index in [0.29, 0.717) is 5.92 Å². The minimum Gasteiger partial charge on any atom is -0.264 e. The Bertz CT molecular complexity index is 974. The summed E-state index contributed by atoms with van der Waals surface area (Å²) in [5.41, 5.74) is 5.07. The van der Waals surface area contributed by atoms with Crippen LogP contribution in [0, 0.1) is 17.8 Å². The number of halogens is 1. The van der Waals surface area contributed by atoms with E-state index in [1.165, 1.54) is 25.7 Å². The summed E-state index contributed by atoms with van der Waals surface area (Å²) in [6.45, 7) is 9.06. The SMILES string of the molecule is C=CCC1CCC(Cn2nc(CCC)c(-c3ccccc3)c2C2=CCC(C)C=C2F)CC1. The molecule has 0 amide bonds. The summed E-state index contributed by atoms with van der Waals surface area (Å²) >= 11 is 0. The van der Waals surface area contributed by atoms with Crippen molar-refractivity contribution < 1.29 is 4.39 Å². The molecule has 1 unspecified atom stereocenters. The third-order valence-corrected chi connectivity index (χ3v) is 7.11. The Morgan fingerprint density at radius 3 is 2.50 bits per heavy atom. The van der Waals surface area contributed by atoms with Crippen molar-refractivity contribution >= 4 is 5.57 Å². The molecule has 1 saturated carbocycles. The van der Waals surface area contributed by atoms with Crippen LogP contribution >= 0.6 is 0 Å². The smallest absolute Gasteiger partial charge is 0.128 e. The van der Waals surface area contributed by atoms with Crippen molar-refractivity contribution in [2.45, 2.75) is 71.8 Å². The lowest BCUT2D eigenvalue weighted by molar-refractivity contribution is 0.246. The molecule has 2 aliphatic rings. The van der Waals surface area contributed by atoms with Crippen molar-refractivity contribution in [3.63, 3.8) is 0 Å². The number of benzene rings is 1. The van der Waals surface area contributed by atoms with E-state index in [9.17, 15) is 0 Å². The molecule has 0 radical (unpaired) electrons. The molecule has 1 heterocycles. The predicted molar refractivity (Wildman–Crippen MR) is 133 cm³/mol. The summed E-state index contributed by atoms with van der Waals surface area (Å²) in [6, 6.07) is 10.4. The molecule has 2 aromatic rings. The van der Waals surface area contributed by atoms with Crippen LogP contribution in [0.5, 0.6) is 0 Å². The summed E-state index contributed by atoms with van der Waals surface area (Å²) < 4.78 is 17.5. The van der Waals surface area contributed by atoms with E-state index >= 15 is 4.39 Å². The number of aromatic nitrogens is 2. The molecule has 1 fully saturated rings. The molecule has 2 nitrogen and oxygen atoms in total. The molecule has 3 heteroatoms. The van der Waals surface area contributed by atoms with E-state index in [-0.39, 0.29) is 11.7 Å². The monoisotopic (exact) mass is 432 g/mol. The topological polar surface area (TPSA) is 17.8 Å². The van der Waals surface area contributed by atoms with E-state index in [4.69, 9.17) is 5.10 Å². The first-order valence-corrected chi connectivity index (χ1v) is 12.4. The Balaban J connectivity index is 1.74. The van der Waals surface area contributed by atoms with Crippen molar-refractivity contribution in [1.29, 1.82) is 0 Å². The van der Waals surface area contributed by atoms with Gasteiger partial charge in [-0.05, 0) is 74.3 Å². The van der Waals surface area contributed by atoms with Crippen LogP contribution in [-0.2, 0) is 13.0 Å². The van der Waals surface area contributed by atoms with Crippen molar-refractivity contribution in [3.8, 4) is 11.1 Å². The third-order valence-electron chi connectivity index (χ3n) is 7.11. The molecule has 4 rings (SSSR count). The molecule has 32 heavy (non-hydrogen) atoms. The van der Waals surface area contributed by atoms with Gasteiger partial charge in [-0.3, -0.25) is 4.68 Å². The van der Waals surface area contributed by atoms with E-state index in [1.807, 2.05) is 6.07 Å². The van der Waals surface area contributed by atoms with Gasteiger partial charge in [-0.15, -0.1) is 6.58 Å². The highest BCUT2D eigenvalue weighted by Gasteiger charge is 2.28. The fraction of sp³-hybridized carbons (Fsp3) is 0.483. The van der Waals surface area contributed by atoms with Gasteiger partial charge in [-0.1, -0.05) is 62.8 Å². The van der Waals surface area contributed by atoms with Crippen LogP contribution in [0.3, 0.4) is 0 Å². The number of rotatable bonds is 8. The second-order valence-electron chi connectivity index (χ2n) is 9.72. The standard InChI is InChI=1S/C29H37FN2/c1-4-9-22-14-16-23(17-15-22)20-32-29(25-18-13-21(3)19-26(25)30)28(27(31-32)10-5-2)24-11-7-6-8-12-24/h4,6-8,11-12,18-19,21-23H,1,5,9-10,13-17,20H2,2-3H3. The van der Waals surface area contributed by atoms with Crippen LogP contribution in [0.25, 0.3) is 16.7 Å². The summed E-state index contributed by atoms with van der Waals surface area (Å²) in [6.07, 6.45) is 14.8. The lowest BCUT2D eigenvalue weighted by atomic mass is 9.80. The lowest BCUT2D eigenvalue weighted by Gasteiger charge is -2.28. The number of hydrogen-bond acceptors (Lipinski definition) is 1. The van der Waals surface area contributed by atoms with Gasteiger partial charge in [0.25, 0.3) is 0 Å². The highest BCUT2D eigenvalue weighted by atomic mass is 19.1. The van der Waals surface area contributed by atoms with Crippen molar-refractivity contribution in [2.75, 3.05) is 0 Å². The maximum atomic E-state index is 15.3. The molecule has 0 saturated heterocycles. The highest BCUT2D eigenvalue weighted by molar-refractivity contribution is 5.87. The number of hydrogen-bond donors (Lipinski definition) is 0. The quantitative estimate of drug-likeness (QED) is 0.385. The summed E-state index contributed by atoms with van der Waals surface area (Å²) in [5.74, 6) is 1.52. The largest absolute Gasteiger partial charge is 0.264 e. The van der Waals surface area contributed by atoms with Crippen LogP contribution in [0.1, 0.15) is 70.2 Å². The Kier molecular flexibility index (Phi) is 7.44. The molecular formula is C29H37FN2. The molecule has 0 bridgehead atoms. The van der Waals surface area contributed by atoms with E-state index in [0.717, 1.165) is 66.2 Å². The Labute approximate surface area is 192 Å². The zero-order valence-corrected chi connectivity index (χ0v) is 19.7. The van der Waals surface area contributed by atoms with Gasteiger partial charge in [0, 0.05) is 17.7 Å². The first-order valence-electron chi connectivity index (χ1n) is 12.4. The van der Waals surface area contributed by atoms with Gasteiger partial charge in [0.2, 0.25) is 0 Å². The third kappa shape index (κ3) is 4.98. The summed E-state index contributed by atoms with van der Waals surface area (Å²) in [7, 11) is 0. The highest BCUT2D eigenvalue weighted by Crippen LogP contribution is 2.40. The Morgan fingerprint density at radius 2 is 1.84 bits per heavy atom. The van der Waals surface area contributed by atoms with E-state index in [1.54, 1.807) is 6.08 Å². The first-order chi connectivity index (χ1) is 15.6. The molecule has 2 aliphatic carbocycles. The molecule has 0 spiro atoms. The normalized spacial score (nSPS) is 23.5. The van der Waals surface area contributed by atoms with E-state index in [2.05, 4.69) is 61.5 Å². The molecule has 1 atom stereocenters. The second kappa shape index (κ2) is 10.5. The van der Waals surface area contributed by atoms with Crippen LogP contribution in [0.4, 0.5) is 4.39 Å². The zero-order chi connectivity index (χ0) is 22.5. The number of nitrogens with zero attached hydrogens (tertiary/aromatic N) is 2. The fourth-order valence-electron chi connectivity index (χ4n) is 5.39. The zero-order valence-electron chi connectivity index (χ0n) is 19.7. The maximum absolute atomic E-state index is 15.3. The van der Waals surface area contributed by atoms with Gasteiger partial charge in [-0.2, -0.15) is 5.10 Å². The molecule has 1 aromatic heterocycles. The van der Waals surface area contributed by atoms with Gasteiger partial charge in [-0.25, -0.2) is 4.39 Å². The van der Waals surface area contributed by atoms with Gasteiger partial charge < -0.3 is 0 Å². The molecular weight excluding hydrogens is 395 g/mol. The average molecular weight is 433 g/mol. The summed E-state index contributed by atoms with van der Waals surface area (Å²) in [4.78, 5) is 0. The summed E-state index contributed by atoms with van der Waals surface area (Å²) in [5, 5.41) is 5.12. The van der Waals surface area contributed by atoms with Gasteiger partial charge in [0.1, 0.15) is 5.83 Å². The van der Waals surface area contributed by atoms with Crippen LogP contribution < -0.4 is 0 Å². The number of aryl methyl sites for hydroxylation is 1. The predicted octanol–water partition coefficient (Wildman–Crippen LogP) is 8.16. The van der Waals surface area contributed by atoms with Crippen molar-refractivity contribution in [1.82, 2.24) is 9.78 Å². The lowest BCUT2D eigenvalue weighted by Crippen LogP contribution is -2.21. The van der Waals surface area contributed by atoms with Gasteiger partial charge in [0.05, 0.1) is 11.4 Å². The van der Waals surface area contributed by atoms with Crippen molar-refractivity contribution in [2.24, 2.45) is 17.8 Å². The maximum Gasteiger partial charge on any atom is 0.128 e. The Hall–Kier alpha value is -2.42. The molecule has 170 valence electrons. The number of allylic oxidation sites excluding steroid dienone is 5. The van der Waals surface area contributed by atoms with Crippen LogP contribution in [-0.4, -0.2) is 9.78 Å². The van der Waals surface area contributed by atoms with E-state index < -0.39 is 0 Å². The minimum atomic E-state index is -0.0974. The minimum absolute atomic E-state index is 0.0974. The fourth-order valence-corrected chi connectivity index (χ4v) is 5.39. The molecule has 1 aromatic carbocycles. The Morgan fingerprint density at radius 1 is 1.12 bits per heavy atom. The first kappa shape index (κ1) is 22.8. The molecule has 0 aliphatic heterocycles. The van der Waals surface area contributed by atoms with Gasteiger partial charge >= 0.3 is 0 Å². The average Bonchev–Trinajstić information content (AvgIpc) is 3.13. The van der Waals surface area contributed by atoms with Gasteiger partial charge in [0.15, 0.2) is 0 Å². The molecule has 0 N–H and O–H groups in total. The van der Waals surface area contributed by atoms with Crippen LogP contribution in [0.2, 0.25) is 0 Å². The van der Waals surface area contributed by atoms with Crippen LogP contribution in [0.15, 0.2) is 61.0 Å².